The third-order valence-electron chi connectivity index (χ3n) is 3.58. The Labute approximate surface area is 100 Å². The lowest BCUT2D eigenvalue weighted by atomic mass is 9.99. The summed E-state index contributed by atoms with van der Waals surface area (Å²) in [4.78, 5) is 5.97. The molecule has 17 heavy (non-hydrogen) atoms. The third-order valence-corrected chi connectivity index (χ3v) is 3.58. The SMILES string of the molecule is C#Cc1cc(N2C[C@H]3CN[C@@H](C3)C2)cnc1F. The topological polar surface area (TPSA) is 28.2 Å². The third kappa shape index (κ3) is 1.87. The summed E-state index contributed by atoms with van der Waals surface area (Å²) in [6.07, 6.45) is 8.07. The van der Waals surface area contributed by atoms with Crippen LogP contribution in [-0.4, -0.2) is 30.7 Å². The lowest BCUT2D eigenvalue weighted by Crippen LogP contribution is -2.41. The molecule has 2 aliphatic heterocycles. The Morgan fingerprint density at radius 1 is 1.53 bits per heavy atom. The van der Waals surface area contributed by atoms with Crippen LogP contribution in [0.3, 0.4) is 0 Å². The number of rotatable bonds is 1. The smallest absolute Gasteiger partial charge is 0.228 e. The van der Waals surface area contributed by atoms with Gasteiger partial charge in [0.15, 0.2) is 0 Å². The number of halogens is 1. The largest absolute Gasteiger partial charge is 0.368 e. The molecule has 3 rings (SSSR count). The molecule has 0 aromatic carbocycles. The minimum Gasteiger partial charge on any atom is -0.368 e. The van der Waals surface area contributed by atoms with Crippen molar-refractivity contribution in [3.63, 3.8) is 0 Å². The molecule has 88 valence electrons. The summed E-state index contributed by atoms with van der Waals surface area (Å²) in [5.41, 5.74) is 1.17. The molecule has 2 atom stereocenters. The molecule has 2 bridgehead atoms. The zero-order valence-corrected chi connectivity index (χ0v) is 9.49. The van der Waals surface area contributed by atoms with Gasteiger partial charge in [0.2, 0.25) is 5.95 Å². The van der Waals surface area contributed by atoms with Crippen LogP contribution in [0.4, 0.5) is 10.1 Å². The van der Waals surface area contributed by atoms with Crippen LogP contribution < -0.4 is 10.2 Å². The maximum atomic E-state index is 13.2. The number of nitrogens with zero attached hydrogens (tertiary/aromatic N) is 2. The van der Waals surface area contributed by atoms with Crippen LogP contribution in [0.25, 0.3) is 0 Å². The molecule has 0 saturated carbocycles. The molecule has 1 aromatic heterocycles. The normalized spacial score (nSPS) is 26.9. The van der Waals surface area contributed by atoms with E-state index in [-0.39, 0.29) is 5.56 Å². The van der Waals surface area contributed by atoms with Gasteiger partial charge in [-0.1, -0.05) is 5.92 Å². The highest BCUT2D eigenvalue weighted by atomic mass is 19.1. The van der Waals surface area contributed by atoms with Gasteiger partial charge < -0.3 is 10.2 Å². The number of nitrogens with one attached hydrogen (secondary N) is 1. The fourth-order valence-electron chi connectivity index (χ4n) is 2.75. The van der Waals surface area contributed by atoms with Crippen molar-refractivity contribution in [2.75, 3.05) is 24.5 Å². The molecule has 0 radical (unpaired) electrons. The van der Waals surface area contributed by atoms with E-state index in [1.54, 1.807) is 12.3 Å². The highest BCUT2D eigenvalue weighted by Crippen LogP contribution is 2.27. The Kier molecular flexibility index (Phi) is 2.49. The van der Waals surface area contributed by atoms with Gasteiger partial charge in [-0.2, -0.15) is 4.39 Å². The molecule has 2 fully saturated rings. The molecular weight excluding hydrogens is 217 g/mol. The summed E-state index contributed by atoms with van der Waals surface area (Å²) in [7, 11) is 0. The number of fused-ring (bicyclic) bond motifs is 2. The van der Waals surface area contributed by atoms with Crippen molar-refractivity contribution < 1.29 is 4.39 Å². The number of pyridine rings is 1. The van der Waals surface area contributed by atoms with Crippen LogP contribution in [0.2, 0.25) is 0 Å². The highest BCUT2D eigenvalue weighted by molar-refractivity contribution is 5.51. The second-order valence-corrected chi connectivity index (χ2v) is 4.79. The van der Waals surface area contributed by atoms with Gasteiger partial charge in [-0.25, -0.2) is 4.98 Å². The monoisotopic (exact) mass is 231 g/mol. The van der Waals surface area contributed by atoms with Crippen LogP contribution in [0, 0.1) is 24.2 Å². The first-order valence-corrected chi connectivity index (χ1v) is 5.87. The maximum Gasteiger partial charge on any atom is 0.228 e. The van der Waals surface area contributed by atoms with E-state index >= 15 is 0 Å². The average Bonchev–Trinajstić information content (AvgIpc) is 2.69. The average molecular weight is 231 g/mol. The minimum atomic E-state index is -0.561. The standard InChI is InChI=1S/C13H14FN3/c1-2-10-4-12(6-16-13(10)14)17-7-9-3-11(8-17)15-5-9/h1,4,6,9,11,15H,3,5,7-8H2/t9-,11+/m1/s1. The summed E-state index contributed by atoms with van der Waals surface area (Å²) in [6, 6.07) is 2.26. The predicted octanol–water partition coefficient (Wildman–Crippen LogP) is 1.00. The summed E-state index contributed by atoms with van der Waals surface area (Å²) in [6.45, 7) is 3.03. The minimum absolute atomic E-state index is 0.244. The van der Waals surface area contributed by atoms with Crippen LogP contribution in [0.15, 0.2) is 12.3 Å². The summed E-state index contributed by atoms with van der Waals surface area (Å²) >= 11 is 0. The fourth-order valence-corrected chi connectivity index (χ4v) is 2.75. The molecule has 1 aromatic rings. The molecule has 2 aliphatic rings. The van der Waals surface area contributed by atoms with Crippen molar-refractivity contribution in [2.24, 2.45) is 5.92 Å². The Hall–Kier alpha value is -1.60. The Balaban J connectivity index is 1.87. The first-order chi connectivity index (χ1) is 8.26. The molecule has 1 N–H and O–H groups in total. The zero-order chi connectivity index (χ0) is 11.8. The van der Waals surface area contributed by atoms with E-state index in [1.165, 1.54) is 6.42 Å². The van der Waals surface area contributed by atoms with Gasteiger partial charge in [-0.05, 0) is 18.4 Å². The van der Waals surface area contributed by atoms with Crippen molar-refractivity contribution in [3.05, 3.63) is 23.8 Å². The van der Waals surface area contributed by atoms with Crippen molar-refractivity contribution in [1.29, 1.82) is 0 Å². The van der Waals surface area contributed by atoms with E-state index in [2.05, 4.69) is 21.1 Å². The number of piperidine rings is 1. The van der Waals surface area contributed by atoms with E-state index in [0.717, 1.165) is 25.3 Å². The summed E-state index contributed by atoms with van der Waals surface area (Å²) in [5.74, 6) is 2.46. The molecule has 0 unspecified atom stereocenters. The quantitative estimate of drug-likeness (QED) is 0.577. The Morgan fingerprint density at radius 3 is 3.18 bits per heavy atom. The van der Waals surface area contributed by atoms with Crippen LogP contribution >= 0.6 is 0 Å². The van der Waals surface area contributed by atoms with Gasteiger partial charge >= 0.3 is 0 Å². The highest BCUT2D eigenvalue weighted by Gasteiger charge is 2.32. The second-order valence-electron chi connectivity index (χ2n) is 4.79. The molecule has 4 heteroatoms. The fraction of sp³-hybridized carbons (Fsp3) is 0.462. The van der Waals surface area contributed by atoms with Gasteiger partial charge in [0, 0.05) is 25.7 Å². The maximum absolute atomic E-state index is 13.2. The van der Waals surface area contributed by atoms with E-state index in [1.807, 2.05) is 0 Å². The van der Waals surface area contributed by atoms with Crippen LogP contribution in [-0.2, 0) is 0 Å². The van der Waals surface area contributed by atoms with Gasteiger partial charge in [0.05, 0.1) is 17.4 Å². The first-order valence-electron chi connectivity index (χ1n) is 5.87. The number of hydrogen-bond donors (Lipinski definition) is 1. The lowest BCUT2D eigenvalue weighted by molar-refractivity contribution is 0.474. The number of anilines is 1. The van der Waals surface area contributed by atoms with Crippen molar-refractivity contribution >= 4 is 5.69 Å². The predicted molar refractivity (Wildman–Crippen MR) is 64.2 cm³/mol. The molecule has 2 saturated heterocycles. The molecule has 0 spiro atoms. The zero-order valence-electron chi connectivity index (χ0n) is 9.49. The second kappa shape index (κ2) is 4.01. The first kappa shape index (κ1) is 10.5. The van der Waals surface area contributed by atoms with Gasteiger partial charge in [0.1, 0.15) is 0 Å². The van der Waals surface area contributed by atoms with Crippen molar-refractivity contribution in [3.8, 4) is 12.3 Å². The lowest BCUT2D eigenvalue weighted by Gasteiger charge is -2.32. The number of hydrogen-bond acceptors (Lipinski definition) is 3. The van der Waals surface area contributed by atoms with E-state index in [4.69, 9.17) is 6.42 Å². The molecule has 3 heterocycles. The Morgan fingerprint density at radius 2 is 2.41 bits per heavy atom. The Bertz CT molecular complexity index is 468. The van der Waals surface area contributed by atoms with Gasteiger partial charge in [-0.3, -0.25) is 0 Å². The summed E-state index contributed by atoms with van der Waals surface area (Å²) in [5, 5.41) is 3.48. The van der Waals surface area contributed by atoms with Crippen molar-refractivity contribution in [2.45, 2.75) is 12.5 Å². The molecular formula is C13H14FN3. The summed E-state index contributed by atoms with van der Waals surface area (Å²) < 4.78 is 13.2. The van der Waals surface area contributed by atoms with Gasteiger partial charge in [0.25, 0.3) is 0 Å². The molecule has 0 aliphatic carbocycles. The van der Waals surface area contributed by atoms with E-state index < -0.39 is 5.95 Å². The van der Waals surface area contributed by atoms with Crippen molar-refractivity contribution in [1.82, 2.24) is 10.3 Å². The van der Waals surface area contributed by atoms with Crippen LogP contribution in [0.1, 0.15) is 12.0 Å². The molecule has 0 amide bonds. The van der Waals surface area contributed by atoms with E-state index in [0.29, 0.717) is 12.0 Å². The number of aromatic nitrogens is 1. The van der Waals surface area contributed by atoms with E-state index in [9.17, 15) is 4.39 Å². The molecule has 3 nitrogen and oxygen atoms in total. The van der Waals surface area contributed by atoms with Crippen LogP contribution in [0.5, 0.6) is 0 Å². The van der Waals surface area contributed by atoms with Gasteiger partial charge in [-0.15, -0.1) is 6.42 Å². The number of terminal acetylenes is 1.